The minimum Gasteiger partial charge on any atom is -0.330 e. The fourth-order valence-corrected chi connectivity index (χ4v) is 2.16. The first-order valence-electron chi connectivity index (χ1n) is 7.26. The molecule has 0 radical (unpaired) electrons. The van der Waals surface area contributed by atoms with Crippen LogP contribution in [0.15, 0.2) is 24.3 Å². The Morgan fingerprint density at radius 2 is 1.95 bits per heavy atom. The van der Waals surface area contributed by atoms with Crippen molar-refractivity contribution in [3.05, 3.63) is 29.8 Å². The Morgan fingerprint density at radius 3 is 2.58 bits per heavy atom. The van der Waals surface area contributed by atoms with Gasteiger partial charge in [0.15, 0.2) is 0 Å². The van der Waals surface area contributed by atoms with Crippen LogP contribution in [0.5, 0.6) is 0 Å². The van der Waals surface area contributed by atoms with Gasteiger partial charge in [-0.3, -0.25) is 4.79 Å². The van der Waals surface area contributed by atoms with Crippen LogP contribution in [-0.4, -0.2) is 19.0 Å². The molecule has 0 heterocycles. The molecule has 0 saturated heterocycles. The van der Waals surface area contributed by atoms with Crippen molar-refractivity contribution < 1.29 is 4.79 Å². The zero-order chi connectivity index (χ0) is 14.1. The number of rotatable bonds is 8. The lowest BCUT2D eigenvalue weighted by Gasteiger charge is -2.24. The number of para-hydroxylation sites is 1. The molecule has 0 atom stereocenters. The standard InChI is InChI=1S/C16H26N2O/c1-3-4-5-11-16(19)18(13-8-12-17)15-10-7-6-9-14(15)2/h6-7,9-10H,3-5,8,11-13,17H2,1-2H3. The van der Waals surface area contributed by atoms with Gasteiger partial charge in [0.05, 0.1) is 0 Å². The van der Waals surface area contributed by atoms with Crippen LogP contribution >= 0.6 is 0 Å². The van der Waals surface area contributed by atoms with Crippen LogP contribution in [0, 0.1) is 6.92 Å². The zero-order valence-electron chi connectivity index (χ0n) is 12.2. The molecule has 19 heavy (non-hydrogen) atoms. The van der Waals surface area contributed by atoms with Crippen LogP contribution in [0.4, 0.5) is 5.69 Å². The van der Waals surface area contributed by atoms with Gasteiger partial charge in [-0.1, -0.05) is 38.0 Å². The predicted octanol–water partition coefficient (Wildman–Crippen LogP) is 3.26. The second-order valence-corrected chi connectivity index (χ2v) is 4.93. The van der Waals surface area contributed by atoms with Crippen molar-refractivity contribution in [1.29, 1.82) is 0 Å². The highest BCUT2D eigenvalue weighted by molar-refractivity contribution is 5.94. The van der Waals surface area contributed by atoms with Gasteiger partial charge in [-0.05, 0) is 37.9 Å². The van der Waals surface area contributed by atoms with E-state index in [-0.39, 0.29) is 5.91 Å². The second-order valence-electron chi connectivity index (χ2n) is 4.93. The number of anilines is 1. The van der Waals surface area contributed by atoms with Crippen molar-refractivity contribution in [2.75, 3.05) is 18.0 Å². The van der Waals surface area contributed by atoms with Gasteiger partial charge in [-0.2, -0.15) is 0 Å². The average molecular weight is 262 g/mol. The zero-order valence-corrected chi connectivity index (χ0v) is 12.2. The van der Waals surface area contributed by atoms with Crippen molar-refractivity contribution in [1.82, 2.24) is 0 Å². The maximum atomic E-state index is 12.4. The quantitative estimate of drug-likeness (QED) is 0.731. The van der Waals surface area contributed by atoms with E-state index in [1.54, 1.807) is 0 Å². The summed E-state index contributed by atoms with van der Waals surface area (Å²) < 4.78 is 0. The van der Waals surface area contributed by atoms with Crippen molar-refractivity contribution in [3.63, 3.8) is 0 Å². The Bertz CT molecular complexity index is 390. The summed E-state index contributed by atoms with van der Waals surface area (Å²) in [5.41, 5.74) is 7.74. The third-order valence-electron chi connectivity index (χ3n) is 3.29. The molecule has 1 aromatic carbocycles. The highest BCUT2D eigenvalue weighted by Gasteiger charge is 2.16. The number of aryl methyl sites for hydroxylation is 1. The third kappa shape index (κ3) is 5.03. The van der Waals surface area contributed by atoms with Crippen molar-refractivity contribution in [2.24, 2.45) is 5.73 Å². The number of nitrogens with two attached hydrogens (primary N) is 1. The largest absolute Gasteiger partial charge is 0.330 e. The maximum Gasteiger partial charge on any atom is 0.226 e. The van der Waals surface area contributed by atoms with Gasteiger partial charge in [0.2, 0.25) is 5.91 Å². The van der Waals surface area contributed by atoms with Crippen LogP contribution in [0.3, 0.4) is 0 Å². The van der Waals surface area contributed by atoms with Crippen LogP contribution in [0.1, 0.15) is 44.6 Å². The fraction of sp³-hybridized carbons (Fsp3) is 0.562. The van der Waals surface area contributed by atoms with E-state index >= 15 is 0 Å². The Morgan fingerprint density at radius 1 is 1.21 bits per heavy atom. The number of amides is 1. The van der Waals surface area contributed by atoms with Crippen LogP contribution in [-0.2, 0) is 4.79 Å². The van der Waals surface area contributed by atoms with E-state index in [1.807, 2.05) is 36.1 Å². The molecule has 3 nitrogen and oxygen atoms in total. The summed E-state index contributed by atoms with van der Waals surface area (Å²) in [5.74, 6) is 0.219. The molecule has 1 amide bonds. The molecular formula is C16H26N2O. The molecule has 0 bridgehead atoms. The Balaban J connectivity index is 2.76. The van der Waals surface area contributed by atoms with E-state index in [1.165, 1.54) is 0 Å². The molecule has 106 valence electrons. The third-order valence-corrected chi connectivity index (χ3v) is 3.29. The molecule has 0 aromatic heterocycles. The summed E-state index contributed by atoms with van der Waals surface area (Å²) in [5, 5.41) is 0. The van der Waals surface area contributed by atoms with E-state index in [9.17, 15) is 4.79 Å². The molecule has 0 spiro atoms. The van der Waals surface area contributed by atoms with Gasteiger partial charge < -0.3 is 10.6 Å². The molecule has 0 aliphatic rings. The molecule has 0 saturated carbocycles. The molecule has 0 aliphatic carbocycles. The highest BCUT2D eigenvalue weighted by Crippen LogP contribution is 2.21. The second kappa shape index (κ2) is 8.70. The van der Waals surface area contributed by atoms with Crippen molar-refractivity contribution >= 4 is 11.6 Å². The monoisotopic (exact) mass is 262 g/mol. The summed E-state index contributed by atoms with van der Waals surface area (Å²) in [7, 11) is 0. The number of carbonyl (C=O) groups excluding carboxylic acids is 1. The van der Waals surface area contributed by atoms with E-state index in [2.05, 4.69) is 6.92 Å². The van der Waals surface area contributed by atoms with Gasteiger partial charge >= 0.3 is 0 Å². The van der Waals surface area contributed by atoms with Gasteiger partial charge in [-0.25, -0.2) is 0 Å². The van der Waals surface area contributed by atoms with E-state index in [0.717, 1.165) is 36.9 Å². The van der Waals surface area contributed by atoms with Crippen molar-refractivity contribution in [3.8, 4) is 0 Å². The first-order chi connectivity index (χ1) is 9.20. The summed E-state index contributed by atoms with van der Waals surface area (Å²) in [6.07, 6.45) is 4.70. The van der Waals surface area contributed by atoms with E-state index in [4.69, 9.17) is 5.73 Å². The molecule has 1 rings (SSSR count). The SMILES string of the molecule is CCCCCC(=O)N(CCCN)c1ccccc1C. The number of unbranched alkanes of at least 4 members (excludes halogenated alkanes) is 2. The smallest absolute Gasteiger partial charge is 0.226 e. The summed E-state index contributed by atoms with van der Waals surface area (Å²) in [4.78, 5) is 14.3. The normalized spacial score (nSPS) is 10.5. The van der Waals surface area contributed by atoms with Gasteiger partial charge in [0, 0.05) is 18.7 Å². The summed E-state index contributed by atoms with van der Waals surface area (Å²) in [6, 6.07) is 8.05. The molecule has 2 N–H and O–H groups in total. The predicted molar refractivity (Wildman–Crippen MR) is 81.3 cm³/mol. The molecular weight excluding hydrogens is 236 g/mol. The minimum absolute atomic E-state index is 0.219. The highest BCUT2D eigenvalue weighted by atomic mass is 16.2. The first-order valence-corrected chi connectivity index (χ1v) is 7.26. The van der Waals surface area contributed by atoms with Crippen LogP contribution in [0.2, 0.25) is 0 Å². The summed E-state index contributed by atoms with van der Waals surface area (Å²) in [6.45, 7) is 5.53. The number of hydrogen-bond donors (Lipinski definition) is 1. The fourth-order valence-electron chi connectivity index (χ4n) is 2.16. The first kappa shape index (κ1) is 15.7. The van der Waals surface area contributed by atoms with Crippen molar-refractivity contribution in [2.45, 2.75) is 46.0 Å². The topological polar surface area (TPSA) is 46.3 Å². The van der Waals surface area contributed by atoms with E-state index in [0.29, 0.717) is 19.5 Å². The molecule has 1 aromatic rings. The Kier molecular flexibility index (Phi) is 7.19. The van der Waals surface area contributed by atoms with E-state index < -0.39 is 0 Å². The number of hydrogen-bond acceptors (Lipinski definition) is 2. The van der Waals surface area contributed by atoms with Gasteiger partial charge in [0.25, 0.3) is 0 Å². The number of carbonyl (C=O) groups is 1. The van der Waals surface area contributed by atoms with Gasteiger partial charge in [0.1, 0.15) is 0 Å². The number of benzene rings is 1. The summed E-state index contributed by atoms with van der Waals surface area (Å²) >= 11 is 0. The molecule has 0 fully saturated rings. The lowest BCUT2D eigenvalue weighted by atomic mass is 10.1. The molecule has 3 heteroatoms. The van der Waals surface area contributed by atoms with Crippen LogP contribution in [0.25, 0.3) is 0 Å². The molecule has 0 aliphatic heterocycles. The number of nitrogens with zero attached hydrogens (tertiary/aromatic N) is 1. The van der Waals surface area contributed by atoms with Gasteiger partial charge in [-0.15, -0.1) is 0 Å². The lowest BCUT2D eigenvalue weighted by molar-refractivity contribution is -0.118. The Hall–Kier alpha value is -1.35. The average Bonchev–Trinajstić information content (AvgIpc) is 2.41. The maximum absolute atomic E-state index is 12.4. The minimum atomic E-state index is 0.219. The molecule has 0 unspecified atom stereocenters. The lowest BCUT2D eigenvalue weighted by Crippen LogP contribution is -2.33. The Labute approximate surface area is 116 Å². The van der Waals surface area contributed by atoms with Crippen LogP contribution < -0.4 is 10.6 Å².